The molecule has 9 N–H and O–H groups in total. The zero-order valence-electron chi connectivity index (χ0n) is 26.3. The van der Waals surface area contributed by atoms with Gasteiger partial charge in [-0.3, -0.25) is 19.2 Å². The molecule has 2 rings (SSSR count). The van der Waals surface area contributed by atoms with Crippen LogP contribution in [0.3, 0.4) is 0 Å². The minimum atomic E-state index is -1.17. The van der Waals surface area contributed by atoms with Crippen LogP contribution in [0.25, 0.3) is 0 Å². The average molecular weight is 619 g/mol. The second-order valence-electron chi connectivity index (χ2n) is 12.3. The molecular formula is C31H50N6O7. The van der Waals surface area contributed by atoms with Gasteiger partial charge in [0.2, 0.25) is 23.6 Å². The van der Waals surface area contributed by atoms with Crippen LogP contribution in [-0.2, 0) is 30.4 Å². The summed E-state index contributed by atoms with van der Waals surface area (Å²) in [6.45, 7) is 8.03. The highest BCUT2D eigenvalue weighted by molar-refractivity contribution is 5.96. The molecule has 0 unspecified atom stereocenters. The lowest BCUT2D eigenvalue weighted by molar-refractivity contribution is -0.144. The van der Waals surface area contributed by atoms with Gasteiger partial charge in [0.05, 0.1) is 6.04 Å². The van der Waals surface area contributed by atoms with E-state index in [2.05, 4.69) is 16.0 Å². The van der Waals surface area contributed by atoms with E-state index in [1.165, 1.54) is 17.0 Å². The predicted octanol–water partition coefficient (Wildman–Crippen LogP) is 0.623. The summed E-state index contributed by atoms with van der Waals surface area (Å²) in [5.41, 5.74) is 12.3. The van der Waals surface area contributed by atoms with Crippen molar-refractivity contribution < 1.29 is 34.2 Å². The van der Waals surface area contributed by atoms with Crippen molar-refractivity contribution in [3.05, 3.63) is 29.8 Å². The molecular weight excluding hydrogens is 568 g/mol. The fourth-order valence-electron chi connectivity index (χ4n) is 5.26. The number of unbranched alkanes of at least 4 members (excludes halogenated alkanes) is 1. The van der Waals surface area contributed by atoms with Crippen molar-refractivity contribution in [2.45, 2.75) is 103 Å². The van der Waals surface area contributed by atoms with Gasteiger partial charge in [-0.05, 0) is 74.6 Å². The van der Waals surface area contributed by atoms with E-state index in [1.807, 2.05) is 13.8 Å². The summed E-state index contributed by atoms with van der Waals surface area (Å²) in [7, 11) is 0. The SMILES string of the molecule is CC(C)C[C@H](N)C(=O)N[C@@H](Cc1ccc(O)cc1)C(=O)N1CCC[C@H]1C(=O)N[C@H](C(=O)N[C@@H](CCCCN)C(=O)O)C(C)C. The number of hydrogen-bond acceptors (Lipinski definition) is 8. The van der Waals surface area contributed by atoms with E-state index in [0.717, 1.165) is 0 Å². The summed E-state index contributed by atoms with van der Waals surface area (Å²) < 4.78 is 0. The molecule has 0 radical (unpaired) electrons. The lowest BCUT2D eigenvalue weighted by atomic mass is 10.0. The maximum atomic E-state index is 13.9. The summed E-state index contributed by atoms with van der Waals surface area (Å²) in [4.78, 5) is 66.7. The largest absolute Gasteiger partial charge is 0.508 e. The Balaban J connectivity index is 2.22. The first-order valence-electron chi connectivity index (χ1n) is 15.4. The number of likely N-dealkylation sites (tertiary alicyclic amines) is 1. The number of phenolic OH excluding ortho intramolecular Hbond substituents is 1. The number of carboxylic acids is 1. The van der Waals surface area contributed by atoms with E-state index in [1.54, 1.807) is 26.0 Å². The Morgan fingerprint density at radius 2 is 1.59 bits per heavy atom. The maximum Gasteiger partial charge on any atom is 0.326 e. The van der Waals surface area contributed by atoms with Gasteiger partial charge in [-0.25, -0.2) is 4.79 Å². The number of carbonyl (C=O) groups is 5. The molecule has 1 saturated heterocycles. The first-order valence-corrected chi connectivity index (χ1v) is 15.4. The topological polar surface area (TPSA) is 217 Å². The van der Waals surface area contributed by atoms with E-state index in [0.29, 0.717) is 44.2 Å². The van der Waals surface area contributed by atoms with Crippen LogP contribution in [0, 0.1) is 11.8 Å². The molecule has 13 heteroatoms. The van der Waals surface area contributed by atoms with Gasteiger partial charge in [0.25, 0.3) is 0 Å². The fourth-order valence-corrected chi connectivity index (χ4v) is 5.26. The standard InChI is InChI=1S/C31H50N6O7/c1-18(2)16-22(33)27(39)35-24(17-20-10-12-21(38)13-11-20)30(42)37-15-7-9-25(37)28(40)36-26(19(3)4)29(41)34-23(31(43)44)8-5-6-14-32/h10-13,18-19,22-26,38H,5-9,14-17,32-33H2,1-4H3,(H,34,41)(H,35,39)(H,36,40)(H,43,44)/t22-,23-,24-,25-,26-/m0/s1. The minimum absolute atomic E-state index is 0.0601. The van der Waals surface area contributed by atoms with Crippen molar-refractivity contribution in [2.24, 2.45) is 23.3 Å². The van der Waals surface area contributed by atoms with Gasteiger partial charge in [0.15, 0.2) is 0 Å². The average Bonchev–Trinajstić information content (AvgIpc) is 3.45. The van der Waals surface area contributed by atoms with Crippen molar-refractivity contribution in [2.75, 3.05) is 13.1 Å². The second-order valence-corrected chi connectivity index (χ2v) is 12.3. The molecule has 1 aliphatic rings. The Hall–Kier alpha value is -3.71. The monoisotopic (exact) mass is 618 g/mol. The first-order chi connectivity index (χ1) is 20.7. The number of hydrogen-bond donors (Lipinski definition) is 7. The van der Waals surface area contributed by atoms with Gasteiger partial charge >= 0.3 is 5.97 Å². The van der Waals surface area contributed by atoms with Crippen LogP contribution in [0.4, 0.5) is 0 Å². The van der Waals surface area contributed by atoms with Gasteiger partial charge in [-0.15, -0.1) is 0 Å². The predicted molar refractivity (Wildman–Crippen MR) is 165 cm³/mol. The number of carbonyl (C=O) groups excluding carboxylic acids is 4. The molecule has 0 bridgehead atoms. The van der Waals surface area contributed by atoms with Gasteiger partial charge in [0.1, 0.15) is 29.9 Å². The Morgan fingerprint density at radius 3 is 2.16 bits per heavy atom. The highest BCUT2D eigenvalue weighted by Crippen LogP contribution is 2.21. The van der Waals surface area contributed by atoms with Crippen molar-refractivity contribution in [3.63, 3.8) is 0 Å². The first kappa shape index (κ1) is 36.5. The summed E-state index contributed by atoms with van der Waals surface area (Å²) in [6.07, 6.45) is 2.78. The number of nitrogens with one attached hydrogen (secondary N) is 3. The van der Waals surface area contributed by atoms with Crippen molar-refractivity contribution >= 4 is 29.6 Å². The van der Waals surface area contributed by atoms with Crippen molar-refractivity contribution in [1.29, 1.82) is 0 Å². The molecule has 1 aliphatic heterocycles. The van der Waals surface area contributed by atoms with Crippen LogP contribution >= 0.6 is 0 Å². The Labute approximate surface area is 259 Å². The highest BCUT2D eigenvalue weighted by atomic mass is 16.4. The highest BCUT2D eigenvalue weighted by Gasteiger charge is 2.40. The number of carboxylic acid groups (broad SMARTS) is 1. The number of phenols is 1. The molecule has 1 heterocycles. The van der Waals surface area contributed by atoms with Crippen LogP contribution < -0.4 is 27.4 Å². The molecule has 5 atom stereocenters. The summed E-state index contributed by atoms with van der Waals surface area (Å²) in [5, 5.41) is 27.3. The zero-order chi connectivity index (χ0) is 33.0. The summed E-state index contributed by atoms with van der Waals surface area (Å²) in [6, 6.07) is 1.39. The van der Waals surface area contributed by atoms with Crippen molar-refractivity contribution in [1.82, 2.24) is 20.9 Å². The van der Waals surface area contributed by atoms with E-state index in [9.17, 15) is 34.2 Å². The van der Waals surface area contributed by atoms with Crippen LogP contribution in [0.2, 0.25) is 0 Å². The van der Waals surface area contributed by atoms with Gasteiger partial charge in [0, 0.05) is 13.0 Å². The summed E-state index contributed by atoms with van der Waals surface area (Å²) >= 11 is 0. The van der Waals surface area contributed by atoms with Crippen LogP contribution in [0.1, 0.15) is 71.8 Å². The number of rotatable bonds is 17. The molecule has 1 aromatic rings. The van der Waals surface area contributed by atoms with E-state index >= 15 is 0 Å². The third-order valence-corrected chi connectivity index (χ3v) is 7.70. The molecule has 0 saturated carbocycles. The Kier molecular flexibility index (Phi) is 14.6. The molecule has 1 fully saturated rings. The molecule has 44 heavy (non-hydrogen) atoms. The number of nitrogens with two attached hydrogens (primary N) is 2. The van der Waals surface area contributed by atoms with Gasteiger partial charge in [-0.2, -0.15) is 0 Å². The third-order valence-electron chi connectivity index (χ3n) is 7.70. The van der Waals surface area contributed by atoms with Crippen LogP contribution in [0.5, 0.6) is 5.75 Å². The molecule has 0 spiro atoms. The summed E-state index contributed by atoms with van der Waals surface area (Å²) in [5.74, 6) is -3.42. The number of aliphatic carboxylic acids is 1. The Morgan fingerprint density at radius 1 is 0.955 bits per heavy atom. The third kappa shape index (κ3) is 11.1. The minimum Gasteiger partial charge on any atom is -0.508 e. The molecule has 0 aliphatic carbocycles. The number of amides is 4. The molecule has 1 aromatic carbocycles. The van der Waals surface area contributed by atoms with E-state index in [4.69, 9.17) is 11.5 Å². The quantitative estimate of drug-likeness (QED) is 0.122. The maximum absolute atomic E-state index is 13.9. The molecule has 13 nitrogen and oxygen atoms in total. The Bertz CT molecular complexity index is 1130. The smallest absolute Gasteiger partial charge is 0.326 e. The molecule has 4 amide bonds. The fraction of sp³-hybridized carbons (Fsp3) is 0.645. The number of nitrogens with zero attached hydrogens (tertiary/aromatic N) is 1. The number of benzene rings is 1. The number of aromatic hydroxyl groups is 1. The van der Waals surface area contributed by atoms with E-state index in [-0.39, 0.29) is 37.0 Å². The van der Waals surface area contributed by atoms with Crippen molar-refractivity contribution in [3.8, 4) is 5.75 Å². The zero-order valence-corrected chi connectivity index (χ0v) is 26.3. The van der Waals surface area contributed by atoms with Crippen LogP contribution in [0.15, 0.2) is 24.3 Å². The normalized spacial score (nSPS) is 17.5. The lowest BCUT2D eigenvalue weighted by Crippen LogP contribution is -2.59. The molecule has 246 valence electrons. The second kappa shape index (κ2) is 17.6. The van der Waals surface area contributed by atoms with E-state index < -0.39 is 59.8 Å². The van der Waals surface area contributed by atoms with Crippen LogP contribution in [-0.4, -0.2) is 88.0 Å². The van der Waals surface area contributed by atoms with Gasteiger partial charge in [-0.1, -0.05) is 39.8 Å². The lowest BCUT2D eigenvalue weighted by Gasteiger charge is -2.31. The van der Waals surface area contributed by atoms with Gasteiger partial charge < -0.3 is 42.5 Å². The molecule has 0 aromatic heterocycles.